The second-order valence-electron chi connectivity index (χ2n) is 4.72. The molecular weight excluding hydrogens is 258 g/mol. The summed E-state index contributed by atoms with van der Waals surface area (Å²) in [6.45, 7) is 2.18. The summed E-state index contributed by atoms with van der Waals surface area (Å²) >= 11 is 0. The highest BCUT2D eigenvalue weighted by Gasteiger charge is 2.28. The Hall–Kier alpha value is -2.44. The van der Waals surface area contributed by atoms with Crippen LogP contribution >= 0.6 is 0 Å². The zero-order valence-corrected chi connectivity index (χ0v) is 11.1. The number of hydrogen-bond donors (Lipinski definition) is 1. The van der Waals surface area contributed by atoms with E-state index in [9.17, 15) is 4.79 Å². The maximum atomic E-state index is 11.1. The molecule has 0 aromatic carbocycles. The quantitative estimate of drug-likeness (QED) is 0.829. The number of rotatable bonds is 2. The lowest BCUT2D eigenvalue weighted by atomic mass is 10.1. The van der Waals surface area contributed by atoms with E-state index in [1.807, 2.05) is 16.7 Å². The maximum absolute atomic E-state index is 11.1. The number of fused-ring (bicyclic) bond motifs is 1. The van der Waals surface area contributed by atoms with Crippen LogP contribution in [0, 0.1) is 0 Å². The van der Waals surface area contributed by atoms with Gasteiger partial charge in [0.1, 0.15) is 11.5 Å². The number of nitrogens with two attached hydrogens (primary N) is 1. The van der Waals surface area contributed by atoms with Gasteiger partial charge in [0.05, 0.1) is 0 Å². The van der Waals surface area contributed by atoms with E-state index in [-0.39, 0.29) is 12.1 Å². The second kappa shape index (κ2) is 4.92. The first-order chi connectivity index (χ1) is 9.65. The van der Waals surface area contributed by atoms with Gasteiger partial charge >= 0.3 is 5.97 Å². The fourth-order valence-corrected chi connectivity index (χ4v) is 2.42. The molecule has 1 aliphatic rings. The van der Waals surface area contributed by atoms with Gasteiger partial charge in [-0.25, -0.2) is 4.98 Å². The molecule has 104 valence electrons. The minimum atomic E-state index is -0.330. The standard InChI is InChI=1S/C13H15N5O2/c1-8(19)20-10-5-3-7-18-12(16-17-13(10)18)9-4-2-6-11(14)15-9/h2,4,6,10H,3,5,7H2,1H3,(H2,14,15). The third-order valence-corrected chi connectivity index (χ3v) is 3.22. The Kier molecular flexibility index (Phi) is 3.09. The molecule has 2 N–H and O–H groups in total. The van der Waals surface area contributed by atoms with E-state index in [4.69, 9.17) is 10.5 Å². The van der Waals surface area contributed by atoms with Crippen LogP contribution in [0.2, 0.25) is 0 Å². The van der Waals surface area contributed by atoms with Gasteiger partial charge in [-0.2, -0.15) is 0 Å². The molecule has 0 bridgehead atoms. The van der Waals surface area contributed by atoms with E-state index in [1.54, 1.807) is 6.07 Å². The van der Waals surface area contributed by atoms with Gasteiger partial charge in [-0.1, -0.05) is 6.07 Å². The van der Waals surface area contributed by atoms with Crippen molar-refractivity contribution in [2.24, 2.45) is 0 Å². The van der Waals surface area contributed by atoms with Crippen LogP contribution in [0.4, 0.5) is 5.82 Å². The SMILES string of the molecule is CC(=O)OC1CCCn2c(-c3cccc(N)n3)nnc21. The molecular formula is C13H15N5O2. The molecule has 1 atom stereocenters. The van der Waals surface area contributed by atoms with Crippen molar-refractivity contribution in [1.29, 1.82) is 0 Å². The van der Waals surface area contributed by atoms with Gasteiger partial charge in [0.15, 0.2) is 17.8 Å². The van der Waals surface area contributed by atoms with Crippen LogP contribution in [-0.2, 0) is 16.1 Å². The number of anilines is 1. The highest BCUT2D eigenvalue weighted by Crippen LogP contribution is 2.30. The van der Waals surface area contributed by atoms with Crippen LogP contribution < -0.4 is 5.73 Å². The summed E-state index contributed by atoms with van der Waals surface area (Å²) in [5.41, 5.74) is 6.37. The molecule has 3 rings (SSSR count). The molecule has 3 heterocycles. The number of nitrogen functional groups attached to an aromatic ring is 1. The first-order valence-electron chi connectivity index (χ1n) is 6.48. The van der Waals surface area contributed by atoms with Crippen LogP contribution in [0.25, 0.3) is 11.5 Å². The molecule has 2 aromatic rings. The Bertz CT molecular complexity index is 652. The Balaban J connectivity index is 2.00. The van der Waals surface area contributed by atoms with Crippen molar-refractivity contribution in [2.75, 3.05) is 5.73 Å². The van der Waals surface area contributed by atoms with Gasteiger partial charge in [0, 0.05) is 13.5 Å². The van der Waals surface area contributed by atoms with E-state index in [1.165, 1.54) is 6.92 Å². The number of ether oxygens (including phenoxy) is 1. The average Bonchev–Trinajstić information content (AvgIpc) is 2.83. The molecule has 2 aromatic heterocycles. The number of carbonyl (C=O) groups excluding carboxylic acids is 1. The Morgan fingerprint density at radius 1 is 1.45 bits per heavy atom. The summed E-state index contributed by atoms with van der Waals surface area (Å²) in [7, 11) is 0. The van der Waals surface area contributed by atoms with E-state index >= 15 is 0 Å². The normalized spacial score (nSPS) is 17.6. The first-order valence-corrected chi connectivity index (χ1v) is 6.48. The number of nitrogens with zero attached hydrogens (tertiary/aromatic N) is 4. The van der Waals surface area contributed by atoms with Gasteiger partial charge in [-0.15, -0.1) is 10.2 Å². The highest BCUT2D eigenvalue weighted by atomic mass is 16.5. The van der Waals surface area contributed by atoms with E-state index in [2.05, 4.69) is 15.2 Å². The van der Waals surface area contributed by atoms with Crippen molar-refractivity contribution in [3.63, 3.8) is 0 Å². The molecule has 1 unspecified atom stereocenters. The Labute approximate surface area is 115 Å². The van der Waals surface area contributed by atoms with Crippen LogP contribution in [0.1, 0.15) is 31.7 Å². The molecule has 1 aliphatic heterocycles. The molecule has 0 fully saturated rings. The van der Waals surface area contributed by atoms with E-state index in [0.29, 0.717) is 23.2 Å². The fourth-order valence-electron chi connectivity index (χ4n) is 2.42. The van der Waals surface area contributed by atoms with Crippen molar-refractivity contribution < 1.29 is 9.53 Å². The molecule has 0 spiro atoms. The number of pyridine rings is 1. The third-order valence-electron chi connectivity index (χ3n) is 3.22. The molecule has 0 amide bonds. The summed E-state index contributed by atoms with van der Waals surface area (Å²) in [4.78, 5) is 15.4. The van der Waals surface area contributed by atoms with Crippen molar-refractivity contribution >= 4 is 11.8 Å². The van der Waals surface area contributed by atoms with Crippen LogP contribution in [0.15, 0.2) is 18.2 Å². The number of hydrogen-bond acceptors (Lipinski definition) is 6. The Morgan fingerprint density at radius 3 is 3.05 bits per heavy atom. The van der Waals surface area contributed by atoms with Crippen molar-refractivity contribution in [3.8, 4) is 11.5 Å². The molecule has 0 saturated carbocycles. The van der Waals surface area contributed by atoms with Crippen LogP contribution in [0.3, 0.4) is 0 Å². The summed E-state index contributed by atoms with van der Waals surface area (Å²) in [6, 6.07) is 5.38. The van der Waals surface area contributed by atoms with Crippen LogP contribution in [0.5, 0.6) is 0 Å². The minimum Gasteiger partial charge on any atom is -0.454 e. The predicted molar refractivity (Wildman–Crippen MR) is 71.4 cm³/mol. The Morgan fingerprint density at radius 2 is 2.30 bits per heavy atom. The van der Waals surface area contributed by atoms with Crippen molar-refractivity contribution in [1.82, 2.24) is 19.7 Å². The summed E-state index contributed by atoms with van der Waals surface area (Å²) in [5.74, 6) is 1.46. The molecule has 0 radical (unpaired) electrons. The lowest BCUT2D eigenvalue weighted by molar-refractivity contribution is -0.148. The lowest BCUT2D eigenvalue weighted by Gasteiger charge is -2.22. The topological polar surface area (TPSA) is 95.9 Å². The van der Waals surface area contributed by atoms with Gasteiger partial charge in [-0.3, -0.25) is 4.79 Å². The smallest absolute Gasteiger partial charge is 0.303 e. The summed E-state index contributed by atoms with van der Waals surface area (Å²) < 4.78 is 7.23. The number of carbonyl (C=O) groups is 1. The van der Waals surface area contributed by atoms with Gasteiger partial charge in [-0.05, 0) is 25.0 Å². The number of esters is 1. The third kappa shape index (κ3) is 2.22. The summed E-state index contributed by atoms with van der Waals surface area (Å²) in [5, 5.41) is 8.32. The van der Waals surface area contributed by atoms with Gasteiger partial charge < -0.3 is 15.0 Å². The maximum Gasteiger partial charge on any atom is 0.303 e. The molecule has 0 aliphatic carbocycles. The number of aromatic nitrogens is 4. The molecule has 20 heavy (non-hydrogen) atoms. The zero-order valence-electron chi connectivity index (χ0n) is 11.1. The van der Waals surface area contributed by atoms with Gasteiger partial charge in [0.2, 0.25) is 0 Å². The highest BCUT2D eigenvalue weighted by molar-refractivity contribution is 5.66. The lowest BCUT2D eigenvalue weighted by Crippen LogP contribution is -2.20. The van der Waals surface area contributed by atoms with E-state index in [0.717, 1.165) is 19.4 Å². The second-order valence-corrected chi connectivity index (χ2v) is 4.72. The monoisotopic (exact) mass is 273 g/mol. The first kappa shape index (κ1) is 12.6. The molecule has 0 saturated heterocycles. The zero-order chi connectivity index (χ0) is 14.1. The molecule has 7 heteroatoms. The minimum absolute atomic E-state index is 0.310. The van der Waals surface area contributed by atoms with E-state index < -0.39 is 0 Å². The molecule has 7 nitrogen and oxygen atoms in total. The average molecular weight is 273 g/mol. The predicted octanol–water partition coefficient (Wildman–Crippen LogP) is 1.32. The van der Waals surface area contributed by atoms with Crippen LogP contribution in [-0.4, -0.2) is 25.7 Å². The van der Waals surface area contributed by atoms with Gasteiger partial charge in [0.25, 0.3) is 0 Å². The van der Waals surface area contributed by atoms with Crippen molar-refractivity contribution in [3.05, 3.63) is 24.0 Å². The fraction of sp³-hybridized carbons (Fsp3) is 0.385. The largest absolute Gasteiger partial charge is 0.454 e. The summed E-state index contributed by atoms with van der Waals surface area (Å²) in [6.07, 6.45) is 1.34. The van der Waals surface area contributed by atoms with Crippen molar-refractivity contribution in [2.45, 2.75) is 32.4 Å².